The molecule has 6 nitrogen and oxygen atoms in total. The molecule has 0 atom stereocenters. The fourth-order valence-electron chi connectivity index (χ4n) is 2.18. The Hall–Kier alpha value is -2.73. The Morgan fingerprint density at radius 3 is 2.72 bits per heavy atom. The Morgan fingerprint density at radius 1 is 1.08 bits per heavy atom. The SMILES string of the molecule is CCOCCOc1cccc(NCC(=O)Nc2ccccc2OC)c1. The Morgan fingerprint density at radius 2 is 1.92 bits per heavy atom. The van der Waals surface area contributed by atoms with E-state index in [-0.39, 0.29) is 12.5 Å². The molecule has 2 N–H and O–H groups in total. The molecule has 0 saturated heterocycles. The highest BCUT2D eigenvalue weighted by Gasteiger charge is 2.07. The summed E-state index contributed by atoms with van der Waals surface area (Å²) in [4.78, 5) is 12.1. The van der Waals surface area contributed by atoms with Gasteiger partial charge in [-0.25, -0.2) is 0 Å². The molecule has 0 spiro atoms. The average molecular weight is 344 g/mol. The van der Waals surface area contributed by atoms with Crippen LogP contribution in [0.15, 0.2) is 48.5 Å². The van der Waals surface area contributed by atoms with Crippen LogP contribution in [-0.4, -0.2) is 39.4 Å². The maximum absolute atomic E-state index is 12.1. The smallest absolute Gasteiger partial charge is 0.243 e. The first-order chi connectivity index (χ1) is 12.2. The Balaban J connectivity index is 1.83. The van der Waals surface area contributed by atoms with Gasteiger partial charge in [0.15, 0.2) is 0 Å². The van der Waals surface area contributed by atoms with Crippen molar-refractivity contribution in [1.82, 2.24) is 0 Å². The van der Waals surface area contributed by atoms with Gasteiger partial charge < -0.3 is 24.8 Å². The molecule has 25 heavy (non-hydrogen) atoms. The molecule has 2 rings (SSSR count). The van der Waals surface area contributed by atoms with Crippen molar-refractivity contribution in [2.75, 3.05) is 44.1 Å². The van der Waals surface area contributed by atoms with Crippen molar-refractivity contribution < 1.29 is 19.0 Å². The molecule has 0 unspecified atom stereocenters. The lowest BCUT2D eigenvalue weighted by atomic mass is 10.3. The van der Waals surface area contributed by atoms with Gasteiger partial charge in [0.25, 0.3) is 0 Å². The highest BCUT2D eigenvalue weighted by Crippen LogP contribution is 2.23. The van der Waals surface area contributed by atoms with Crippen LogP contribution >= 0.6 is 0 Å². The summed E-state index contributed by atoms with van der Waals surface area (Å²) in [6.45, 7) is 3.80. The summed E-state index contributed by atoms with van der Waals surface area (Å²) in [6.07, 6.45) is 0. The Labute approximate surface area is 148 Å². The second-order valence-electron chi connectivity index (χ2n) is 5.18. The van der Waals surface area contributed by atoms with Crippen molar-refractivity contribution in [3.05, 3.63) is 48.5 Å². The lowest BCUT2D eigenvalue weighted by Crippen LogP contribution is -2.22. The number of carbonyl (C=O) groups is 1. The van der Waals surface area contributed by atoms with Crippen LogP contribution in [-0.2, 0) is 9.53 Å². The van der Waals surface area contributed by atoms with E-state index in [1.54, 1.807) is 19.2 Å². The van der Waals surface area contributed by atoms with Crippen molar-refractivity contribution in [3.63, 3.8) is 0 Å². The van der Waals surface area contributed by atoms with E-state index in [0.29, 0.717) is 31.3 Å². The van der Waals surface area contributed by atoms with Gasteiger partial charge in [-0.3, -0.25) is 4.79 Å². The van der Waals surface area contributed by atoms with Crippen LogP contribution in [0.5, 0.6) is 11.5 Å². The molecule has 0 radical (unpaired) electrons. The van der Waals surface area contributed by atoms with E-state index in [0.717, 1.165) is 11.4 Å². The zero-order valence-electron chi connectivity index (χ0n) is 14.6. The molecular formula is C19H24N2O4. The normalized spacial score (nSPS) is 10.2. The lowest BCUT2D eigenvalue weighted by Gasteiger charge is -2.12. The molecule has 2 aromatic rings. The minimum absolute atomic E-state index is 0.139. The van der Waals surface area contributed by atoms with E-state index in [9.17, 15) is 4.79 Å². The van der Waals surface area contributed by atoms with E-state index in [2.05, 4.69) is 10.6 Å². The number of nitrogens with one attached hydrogen (secondary N) is 2. The number of para-hydroxylation sites is 2. The van der Waals surface area contributed by atoms with E-state index < -0.39 is 0 Å². The number of amides is 1. The number of hydrogen-bond donors (Lipinski definition) is 2. The van der Waals surface area contributed by atoms with Crippen LogP contribution in [0.4, 0.5) is 11.4 Å². The van der Waals surface area contributed by atoms with Gasteiger partial charge in [-0.05, 0) is 31.2 Å². The molecule has 0 heterocycles. The van der Waals surface area contributed by atoms with Gasteiger partial charge in [0.05, 0.1) is 25.9 Å². The summed E-state index contributed by atoms with van der Waals surface area (Å²) in [5.41, 5.74) is 1.45. The summed E-state index contributed by atoms with van der Waals surface area (Å²) in [7, 11) is 1.57. The molecule has 2 aromatic carbocycles. The van der Waals surface area contributed by atoms with Gasteiger partial charge in [-0.2, -0.15) is 0 Å². The zero-order valence-corrected chi connectivity index (χ0v) is 14.6. The molecule has 134 valence electrons. The third-order valence-corrected chi connectivity index (χ3v) is 3.37. The monoisotopic (exact) mass is 344 g/mol. The third kappa shape index (κ3) is 6.35. The average Bonchev–Trinajstić information content (AvgIpc) is 2.64. The maximum atomic E-state index is 12.1. The van der Waals surface area contributed by atoms with Crippen molar-refractivity contribution >= 4 is 17.3 Å². The molecule has 1 amide bonds. The van der Waals surface area contributed by atoms with Gasteiger partial charge in [0, 0.05) is 18.4 Å². The summed E-state index contributed by atoms with van der Waals surface area (Å²) >= 11 is 0. The van der Waals surface area contributed by atoms with Crippen LogP contribution < -0.4 is 20.1 Å². The largest absolute Gasteiger partial charge is 0.495 e. The minimum Gasteiger partial charge on any atom is -0.495 e. The van der Waals surface area contributed by atoms with Crippen LogP contribution in [0.25, 0.3) is 0 Å². The number of ether oxygens (including phenoxy) is 3. The number of methoxy groups -OCH3 is 1. The maximum Gasteiger partial charge on any atom is 0.243 e. The summed E-state index contributed by atoms with van der Waals surface area (Å²) < 4.78 is 16.1. The number of hydrogen-bond acceptors (Lipinski definition) is 5. The summed E-state index contributed by atoms with van der Waals surface area (Å²) in [5.74, 6) is 1.20. The van der Waals surface area contributed by atoms with Crippen LogP contribution in [0, 0.1) is 0 Å². The van der Waals surface area contributed by atoms with Crippen LogP contribution in [0.1, 0.15) is 6.92 Å². The molecular weight excluding hydrogens is 320 g/mol. The number of anilines is 2. The predicted molar refractivity (Wildman–Crippen MR) is 98.5 cm³/mol. The first-order valence-electron chi connectivity index (χ1n) is 8.20. The molecule has 0 aliphatic carbocycles. The van der Waals surface area contributed by atoms with Gasteiger partial charge >= 0.3 is 0 Å². The predicted octanol–water partition coefficient (Wildman–Crippen LogP) is 3.16. The topological polar surface area (TPSA) is 68.8 Å². The van der Waals surface area contributed by atoms with Gasteiger partial charge in [-0.15, -0.1) is 0 Å². The molecule has 0 aliphatic rings. The first-order valence-corrected chi connectivity index (χ1v) is 8.20. The van der Waals surface area contributed by atoms with Crippen LogP contribution in [0.3, 0.4) is 0 Å². The molecule has 0 saturated carbocycles. The Bertz CT molecular complexity index is 676. The van der Waals surface area contributed by atoms with Crippen molar-refractivity contribution in [1.29, 1.82) is 0 Å². The van der Waals surface area contributed by atoms with Crippen molar-refractivity contribution in [2.24, 2.45) is 0 Å². The van der Waals surface area contributed by atoms with Crippen molar-refractivity contribution in [2.45, 2.75) is 6.92 Å². The second kappa shape index (κ2) is 10.2. The minimum atomic E-state index is -0.160. The number of benzene rings is 2. The summed E-state index contributed by atoms with van der Waals surface area (Å²) in [6, 6.07) is 14.8. The highest BCUT2D eigenvalue weighted by molar-refractivity contribution is 5.95. The van der Waals surface area contributed by atoms with E-state index in [1.807, 2.05) is 43.3 Å². The highest BCUT2D eigenvalue weighted by atomic mass is 16.5. The molecule has 0 aliphatic heterocycles. The van der Waals surface area contributed by atoms with Crippen molar-refractivity contribution in [3.8, 4) is 11.5 Å². The van der Waals surface area contributed by atoms with E-state index >= 15 is 0 Å². The molecule has 0 fully saturated rings. The quantitative estimate of drug-likeness (QED) is 0.648. The fourth-order valence-corrected chi connectivity index (χ4v) is 2.18. The summed E-state index contributed by atoms with van der Waals surface area (Å²) in [5, 5.41) is 5.90. The number of carbonyl (C=O) groups excluding carboxylic acids is 1. The van der Waals surface area contributed by atoms with E-state index in [4.69, 9.17) is 14.2 Å². The molecule has 0 bridgehead atoms. The van der Waals surface area contributed by atoms with Gasteiger partial charge in [0.2, 0.25) is 5.91 Å². The first kappa shape index (κ1) is 18.6. The lowest BCUT2D eigenvalue weighted by molar-refractivity contribution is -0.114. The standard InChI is InChI=1S/C19H24N2O4/c1-3-24-11-12-25-16-8-6-7-15(13-16)20-14-19(22)21-17-9-4-5-10-18(17)23-2/h4-10,13,20H,3,11-12,14H2,1-2H3,(H,21,22). The van der Waals surface area contributed by atoms with Gasteiger partial charge in [0.1, 0.15) is 18.1 Å². The third-order valence-electron chi connectivity index (χ3n) is 3.37. The van der Waals surface area contributed by atoms with Gasteiger partial charge in [-0.1, -0.05) is 18.2 Å². The number of rotatable bonds is 10. The molecule has 0 aromatic heterocycles. The zero-order chi connectivity index (χ0) is 17.9. The second-order valence-corrected chi connectivity index (χ2v) is 5.18. The molecule has 6 heteroatoms. The Kier molecular flexibility index (Phi) is 7.59. The van der Waals surface area contributed by atoms with Crippen LogP contribution in [0.2, 0.25) is 0 Å². The van der Waals surface area contributed by atoms with E-state index in [1.165, 1.54) is 0 Å². The fraction of sp³-hybridized carbons (Fsp3) is 0.316.